The average Bonchev–Trinajstić information content (AvgIpc) is 3.09. The Morgan fingerprint density at radius 3 is 2.54 bits per heavy atom. The number of Topliss-reactive ketones (excluding diaryl/α,β-unsaturated/α-hetero) is 1. The van der Waals surface area contributed by atoms with Gasteiger partial charge in [-0.1, -0.05) is 18.6 Å². The van der Waals surface area contributed by atoms with Crippen molar-refractivity contribution >= 4 is 21.5 Å². The third-order valence-electron chi connectivity index (χ3n) is 7.68. The van der Waals surface area contributed by atoms with Crippen molar-refractivity contribution in [2.45, 2.75) is 49.0 Å². The first-order valence-electron chi connectivity index (χ1n) is 11.8. The first-order valence-corrected chi connectivity index (χ1v) is 13.3. The maximum Gasteiger partial charge on any atom is 0.264 e. The number of carbonyl (C=O) groups excluding carboxylic acids is 1. The summed E-state index contributed by atoms with van der Waals surface area (Å²) in [5, 5.41) is 3.37. The molecule has 180 valence electrons. The largest absolute Gasteiger partial charge is 0.312 e. The number of hydrogen-bond acceptors (Lipinski definition) is 4. The minimum atomic E-state index is -4.32. The van der Waals surface area contributed by atoms with Crippen molar-refractivity contribution in [2.75, 3.05) is 11.3 Å². The number of hydrogen-bond donors (Lipinski definition) is 2. The van der Waals surface area contributed by atoms with E-state index in [9.17, 15) is 22.0 Å². The van der Waals surface area contributed by atoms with Crippen LogP contribution in [0.5, 0.6) is 0 Å². The van der Waals surface area contributed by atoms with Crippen molar-refractivity contribution in [2.24, 2.45) is 0 Å². The SMILES string of the molecule is O=C1Cc2c(-c3ccc4c(c3)CNCC4)cc(NS(=O)(=O)c3ccc(F)cc3F)cc2C12CCC2. The molecule has 0 bridgehead atoms. The molecule has 1 heterocycles. The van der Waals surface area contributed by atoms with E-state index in [0.29, 0.717) is 12.5 Å². The lowest BCUT2D eigenvalue weighted by atomic mass is 9.64. The van der Waals surface area contributed by atoms with Crippen molar-refractivity contribution in [1.29, 1.82) is 0 Å². The molecule has 3 aliphatic rings. The number of benzene rings is 3. The summed E-state index contributed by atoms with van der Waals surface area (Å²) < 4.78 is 56.2. The first kappa shape index (κ1) is 22.4. The smallest absolute Gasteiger partial charge is 0.264 e. The number of carbonyl (C=O) groups is 1. The third kappa shape index (κ3) is 3.58. The zero-order valence-electron chi connectivity index (χ0n) is 19.0. The molecule has 0 radical (unpaired) electrons. The van der Waals surface area contributed by atoms with Gasteiger partial charge in [0.15, 0.2) is 0 Å². The Balaban J connectivity index is 1.48. The van der Waals surface area contributed by atoms with Crippen molar-refractivity contribution in [1.82, 2.24) is 5.32 Å². The molecule has 2 aliphatic carbocycles. The van der Waals surface area contributed by atoms with Gasteiger partial charge in [-0.2, -0.15) is 0 Å². The van der Waals surface area contributed by atoms with E-state index < -0.39 is 32.0 Å². The van der Waals surface area contributed by atoms with E-state index in [1.165, 1.54) is 11.1 Å². The Morgan fingerprint density at radius 1 is 0.971 bits per heavy atom. The van der Waals surface area contributed by atoms with Crippen LogP contribution in [0.15, 0.2) is 53.4 Å². The van der Waals surface area contributed by atoms with Crippen molar-refractivity contribution in [3.8, 4) is 11.1 Å². The minimum absolute atomic E-state index is 0.171. The van der Waals surface area contributed by atoms with E-state index in [1.807, 2.05) is 6.07 Å². The van der Waals surface area contributed by atoms with Crippen LogP contribution in [0.25, 0.3) is 11.1 Å². The second-order valence-corrected chi connectivity index (χ2v) is 11.3. The molecule has 8 heteroatoms. The highest BCUT2D eigenvalue weighted by molar-refractivity contribution is 7.92. The van der Waals surface area contributed by atoms with Crippen LogP contribution in [0.1, 0.15) is 41.5 Å². The summed E-state index contributed by atoms with van der Waals surface area (Å²) in [6.45, 7) is 1.68. The average molecular weight is 495 g/mol. The molecule has 0 aromatic heterocycles. The van der Waals surface area contributed by atoms with Crippen LogP contribution in [-0.4, -0.2) is 20.7 Å². The van der Waals surface area contributed by atoms with E-state index in [-0.39, 0.29) is 11.5 Å². The summed E-state index contributed by atoms with van der Waals surface area (Å²) in [5.74, 6) is -1.84. The van der Waals surface area contributed by atoms with Crippen LogP contribution in [0.3, 0.4) is 0 Å². The molecule has 2 N–H and O–H groups in total. The molecule has 0 amide bonds. The maximum atomic E-state index is 14.3. The van der Waals surface area contributed by atoms with Gasteiger partial charge >= 0.3 is 0 Å². The summed E-state index contributed by atoms with van der Waals surface area (Å²) in [6, 6.07) is 12.0. The molecular formula is C27H24F2N2O3S. The highest BCUT2D eigenvalue weighted by atomic mass is 32.2. The lowest BCUT2D eigenvalue weighted by Gasteiger charge is -2.38. The number of sulfonamides is 1. The Labute approximate surface area is 202 Å². The number of anilines is 1. The lowest BCUT2D eigenvalue weighted by Crippen LogP contribution is -2.39. The van der Waals surface area contributed by atoms with E-state index in [0.717, 1.165) is 73.2 Å². The van der Waals surface area contributed by atoms with E-state index in [1.54, 1.807) is 12.1 Å². The minimum Gasteiger partial charge on any atom is -0.312 e. The molecule has 5 nitrogen and oxygen atoms in total. The van der Waals surface area contributed by atoms with Crippen LogP contribution >= 0.6 is 0 Å². The first-order chi connectivity index (χ1) is 16.8. The predicted molar refractivity (Wildman–Crippen MR) is 129 cm³/mol. The molecule has 6 rings (SSSR count). The van der Waals surface area contributed by atoms with Gasteiger partial charge in [-0.05, 0) is 89.5 Å². The van der Waals surface area contributed by atoms with Crippen LogP contribution in [0, 0.1) is 11.6 Å². The molecule has 0 saturated heterocycles. The van der Waals surface area contributed by atoms with Gasteiger partial charge in [-0.3, -0.25) is 9.52 Å². The molecule has 3 aromatic rings. The Kier molecular flexibility index (Phi) is 5.09. The highest BCUT2D eigenvalue weighted by Crippen LogP contribution is 2.53. The summed E-state index contributed by atoms with van der Waals surface area (Å²) in [7, 11) is -4.32. The monoisotopic (exact) mass is 494 g/mol. The summed E-state index contributed by atoms with van der Waals surface area (Å²) in [5.41, 5.74) is 5.69. The van der Waals surface area contributed by atoms with Gasteiger partial charge in [0.1, 0.15) is 22.3 Å². The van der Waals surface area contributed by atoms with Crippen LogP contribution < -0.4 is 10.0 Å². The number of rotatable bonds is 4. The van der Waals surface area contributed by atoms with Crippen molar-refractivity contribution in [3.05, 3.63) is 82.4 Å². The Bertz CT molecular complexity index is 1500. The number of ketones is 1. The summed E-state index contributed by atoms with van der Waals surface area (Å²) in [4.78, 5) is 12.5. The number of nitrogens with one attached hydrogen (secondary N) is 2. The van der Waals surface area contributed by atoms with Gasteiger partial charge in [0, 0.05) is 24.7 Å². The van der Waals surface area contributed by atoms with E-state index >= 15 is 0 Å². The normalized spacial score (nSPS) is 18.2. The van der Waals surface area contributed by atoms with Gasteiger partial charge in [0.25, 0.3) is 10.0 Å². The molecule has 1 spiro atoms. The zero-order chi connectivity index (χ0) is 24.4. The van der Waals surface area contributed by atoms with Crippen molar-refractivity contribution < 1.29 is 22.0 Å². The molecule has 35 heavy (non-hydrogen) atoms. The standard InChI is InChI=1S/C27H24F2N2O3S/c28-19-4-5-25(24(29)11-19)35(33,34)31-20-12-21(17-3-2-16-6-9-30-15-18(16)10-17)22-14-26(32)27(7-1-8-27)23(22)13-20/h2-5,10-13,30-31H,1,6-9,14-15H2. The van der Waals surface area contributed by atoms with Gasteiger partial charge < -0.3 is 5.32 Å². The summed E-state index contributed by atoms with van der Waals surface area (Å²) in [6.07, 6.45) is 3.70. The Hall–Kier alpha value is -3.10. The lowest BCUT2D eigenvalue weighted by molar-refractivity contribution is -0.125. The second-order valence-electron chi connectivity index (χ2n) is 9.68. The van der Waals surface area contributed by atoms with Gasteiger partial charge in [-0.25, -0.2) is 17.2 Å². The molecule has 0 unspecified atom stereocenters. The molecular weight excluding hydrogens is 470 g/mol. The quantitative estimate of drug-likeness (QED) is 0.555. The summed E-state index contributed by atoms with van der Waals surface area (Å²) >= 11 is 0. The van der Waals surface area contributed by atoms with Crippen LogP contribution in [0.2, 0.25) is 0 Å². The maximum absolute atomic E-state index is 14.3. The fourth-order valence-corrected chi connectivity index (χ4v) is 6.82. The molecule has 1 saturated carbocycles. The van der Waals surface area contributed by atoms with Crippen LogP contribution in [0.4, 0.5) is 14.5 Å². The fraction of sp³-hybridized carbons (Fsp3) is 0.296. The molecule has 1 aliphatic heterocycles. The topological polar surface area (TPSA) is 75.3 Å². The van der Waals surface area contributed by atoms with Gasteiger partial charge in [-0.15, -0.1) is 0 Å². The fourth-order valence-electron chi connectivity index (χ4n) is 5.72. The van der Waals surface area contributed by atoms with Crippen LogP contribution in [-0.2, 0) is 39.6 Å². The molecule has 0 atom stereocenters. The Morgan fingerprint density at radius 2 is 1.80 bits per heavy atom. The molecule has 1 fully saturated rings. The molecule has 3 aromatic carbocycles. The second kappa shape index (κ2) is 7.96. The highest BCUT2D eigenvalue weighted by Gasteiger charge is 2.51. The number of fused-ring (bicyclic) bond motifs is 3. The third-order valence-corrected chi connectivity index (χ3v) is 9.10. The van der Waals surface area contributed by atoms with Gasteiger partial charge in [0.2, 0.25) is 0 Å². The van der Waals surface area contributed by atoms with Gasteiger partial charge in [0.05, 0.1) is 5.41 Å². The van der Waals surface area contributed by atoms with E-state index in [2.05, 4.69) is 22.2 Å². The predicted octanol–water partition coefficient (Wildman–Crippen LogP) is 4.63. The van der Waals surface area contributed by atoms with E-state index in [4.69, 9.17) is 0 Å². The van der Waals surface area contributed by atoms with Crippen molar-refractivity contribution in [3.63, 3.8) is 0 Å². The number of halogens is 2. The zero-order valence-corrected chi connectivity index (χ0v) is 19.8.